The average Bonchev–Trinajstić information content (AvgIpc) is 3.17. The monoisotopic (exact) mass is 360 g/mol. The summed E-state index contributed by atoms with van der Waals surface area (Å²) in [5.41, 5.74) is 2.08. The Kier molecular flexibility index (Phi) is 5.12. The molecule has 6 nitrogen and oxygen atoms in total. The van der Waals surface area contributed by atoms with Crippen LogP contribution in [0.3, 0.4) is 0 Å². The van der Waals surface area contributed by atoms with Crippen molar-refractivity contribution in [3.05, 3.63) is 65.1 Å². The molecule has 2 N–H and O–H groups in total. The first-order valence-electron chi connectivity index (χ1n) is 7.39. The molecule has 2 aromatic heterocycles. The fourth-order valence-corrected chi connectivity index (χ4v) is 2.60. The van der Waals surface area contributed by atoms with E-state index in [0.717, 1.165) is 16.1 Å². The summed E-state index contributed by atoms with van der Waals surface area (Å²) < 4.78 is 3.57. The van der Waals surface area contributed by atoms with E-state index in [0.29, 0.717) is 24.0 Å². The fraction of sp³-hybridized carbons (Fsp3) is 0.188. The van der Waals surface area contributed by atoms with Gasteiger partial charge in [0, 0.05) is 42.6 Å². The number of hydrogen-bond donors (Lipinski definition) is 2. The average molecular weight is 361 g/mol. The standard InChI is InChI=1S/C16H17ClN6S/c1-22-10-12(9-19-22)8-18-16(24)20-15-6-7-23(21-15)11-13-4-2-3-5-14(13)17/h2-7,9-10H,8,11H2,1H3,(H2,18,20,21,24). The second kappa shape index (κ2) is 7.46. The fourth-order valence-electron chi connectivity index (χ4n) is 2.22. The summed E-state index contributed by atoms with van der Waals surface area (Å²) in [5.74, 6) is 0.686. The molecule has 0 atom stereocenters. The topological polar surface area (TPSA) is 59.7 Å². The Hall–Kier alpha value is -2.38. The molecule has 0 fully saturated rings. The van der Waals surface area contributed by atoms with Gasteiger partial charge in [-0.15, -0.1) is 0 Å². The molecule has 3 aromatic rings. The highest BCUT2D eigenvalue weighted by Crippen LogP contribution is 2.16. The van der Waals surface area contributed by atoms with Gasteiger partial charge in [-0.3, -0.25) is 9.36 Å². The number of nitrogens with zero attached hydrogens (tertiary/aromatic N) is 4. The maximum absolute atomic E-state index is 6.17. The van der Waals surface area contributed by atoms with E-state index in [1.165, 1.54) is 0 Å². The predicted molar refractivity (Wildman–Crippen MR) is 99.0 cm³/mol. The molecule has 0 radical (unpaired) electrons. The van der Waals surface area contributed by atoms with Crippen LogP contribution in [0.25, 0.3) is 0 Å². The summed E-state index contributed by atoms with van der Waals surface area (Å²) in [4.78, 5) is 0. The number of aromatic nitrogens is 4. The van der Waals surface area contributed by atoms with Crippen molar-refractivity contribution < 1.29 is 0 Å². The molecule has 1 aromatic carbocycles. The quantitative estimate of drug-likeness (QED) is 0.685. The van der Waals surface area contributed by atoms with Gasteiger partial charge in [-0.2, -0.15) is 10.2 Å². The molecule has 0 amide bonds. The Morgan fingerprint density at radius 3 is 2.88 bits per heavy atom. The normalized spacial score (nSPS) is 10.6. The van der Waals surface area contributed by atoms with Crippen LogP contribution in [-0.2, 0) is 20.1 Å². The maximum atomic E-state index is 6.17. The smallest absolute Gasteiger partial charge is 0.172 e. The molecule has 8 heteroatoms. The van der Waals surface area contributed by atoms with Gasteiger partial charge in [0.1, 0.15) is 0 Å². The third-order valence-electron chi connectivity index (χ3n) is 3.38. The zero-order valence-corrected chi connectivity index (χ0v) is 14.7. The van der Waals surface area contributed by atoms with Gasteiger partial charge < -0.3 is 10.6 Å². The lowest BCUT2D eigenvalue weighted by molar-refractivity contribution is 0.690. The first kappa shape index (κ1) is 16.5. The number of rotatable bonds is 5. The van der Waals surface area contributed by atoms with Crippen molar-refractivity contribution in [3.63, 3.8) is 0 Å². The predicted octanol–water partition coefficient (Wildman–Crippen LogP) is 2.80. The maximum Gasteiger partial charge on any atom is 0.172 e. The van der Waals surface area contributed by atoms with E-state index in [-0.39, 0.29) is 0 Å². The number of hydrogen-bond acceptors (Lipinski definition) is 3. The van der Waals surface area contributed by atoms with Crippen molar-refractivity contribution in [2.75, 3.05) is 5.32 Å². The van der Waals surface area contributed by atoms with E-state index < -0.39 is 0 Å². The molecular weight excluding hydrogens is 344 g/mol. The number of nitrogens with one attached hydrogen (secondary N) is 2. The highest BCUT2D eigenvalue weighted by atomic mass is 35.5. The molecule has 2 heterocycles. The van der Waals surface area contributed by atoms with Crippen molar-refractivity contribution in [1.82, 2.24) is 24.9 Å². The molecule has 24 heavy (non-hydrogen) atoms. The van der Waals surface area contributed by atoms with E-state index in [1.54, 1.807) is 10.9 Å². The molecule has 0 saturated heterocycles. The summed E-state index contributed by atoms with van der Waals surface area (Å²) in [6, 6.07) is 9.60. The number of thiocarbonyl (C=S) groups is 1. The second-order valence-electron chi connectivity index (χ2n) is 5.32. The summed E-state index contributed by atoms with van der Waals surface area (Å²) in [7, 11) is 1.88. The number of anilines is 1. The number of halogens is 1. The number of aryl methyl sites for hydroxylation is 1. The molecule has 0 saturated carbocycles. The SMILES string of the molecule is Cn1cc(CNC(=S)Nc2ccn(Cc3ccccc3Cl)n2)cn1. The van der Waals surface area contributed by atoms with Gasteiger partial charge in [-0.05, 0) is 23.8 Å². The van der Waals surface area contributed by atoms with Crippen LogP contribution in [-0.4, -0.2) is 24.7 Å². The van der Waals surface area contributed by atoms with E-state index in [1.807, 2.05) is 54.5 Å². The molecule has 0 spiro atoms. The van der Waals surface area contributed by atoms with Gasteiger partial charge in [0.05, 0.1) is 12.7 Å². The lowest BCUT2D eigenvalue weighted by atomic mass is 10.2. The summed E-state index contributed by atoms with van der Waals surface area (Å²) >= 11 is 11.5. The number of benzene rings is 1. The molecule has 3 rings (SSSR count). The van der Waals surface area contributed by atoms with Crippen LogP contribution >= 0.6 is 23.8 Å². The van der Waals surface area contributed by atoms with Crippen LogP contribution in [0.15, 0.2) is 48.9 Å². The van der Waals surface area contributed by atoms with Crippen LogP contribution in [0.1, 0.15) is 11.1 Å². The van der Waals surface area contributed by atoms with Gasteiger partial charge in [-0.1, -0.05) is 29.8 Å². The Labute approximate surface area is 150 Å². The molecule has 0 aliphatic heterocycles. The molecule has 0 unspecified atom stereocenters. The molecule has 0 aliphatic carbocycles. The minimum Gasteiger partial charge on any atom is -0.358 e. The molecule has 124 valence electrons. The highest BCUT2D eigenvalue weighted by Gasteiger charge is 2.05. The first-order chi connectivity index (χ1) is 11.6. The van der Waals surface area contributed by atoms with Gasteiger partial charge >= 0.3 is 0 Å². The summed E-state index contributed by atoms with van der Waals surface area (Å²) in [5, 5.41) is 16.0. The van der Waals surface area contributed by atoms with Crippen molar-refractivity contribution in [1.29, 1.82) is 0 Å². The van der Waals surface area contributed by atoms with E-state index in [9.17, 15) is 0 Å². The summed E-state index contributed by atoms with van der Waals surface area (Å²) in [6.45, 7) is 1.22. The van der Waals surface area contributed by atoms with Crippen LogP contribution < -0.4 is 10.6 Å². The largest absolute Gasteiger partial charge is 0.358 e. The van der Waals surface area contributed by atoms with E-state index >= 15 is 0 Å². The van der Waals surface area contributed by atoms with Crippen molar-refractivity contribution in [2.45, 2.75) is 13.1 Å². The minimum absolute atomic E-state index is 0.516. The third kappa shape index (κ3) is 4.33. The first-order valence-corrected chi connectivity index (χ1v) is 8.18. The lowest BCUT2D eigenvalue weighted by Crippen LogP contribution is -2.28. The zero-order valence-electron chi connectivity index (χ0n) is 13.1. The van der Waals surface area contributed by atoms with Crippen LogP contribution in [0.5, 0.6) is 0 Å². The second-order valence-corrected chi connectivity index (χ2v) is 6.14. The van der Waals surface area contributed by atoms with Gasteiger partial charge in [0.2, 0.25) is 0 Å². The van der Waals surface area contributed by atoms with Crippen molar-refractivity contribution in [2.24, 2.45) is 7.05 Å². The Bertz CT molecular complexity index is 840. The van der Waals surface area contributed by atoms with E-state index in [4.69, 9.17) is 23.8 Å². The highest BCUT2D eigenvalue weighted by molar-refractivity contribution is 7.80. The van der Waals surface area contributed by atoms with Gasteiger partial charge in [-0.25, -0.2) is 0 Å². The lowest BCUT2D eigenvalue weighted by Gasteiger charge is -2.07. The summed E-state index contributed by atoms with van der Waals surface area (Å²) in [6.07, 6.45) is 5.62. The molecular formula is C16H17ClN6S. The van der Waals surface area contributed by atoms with E-state index in [2.05, 4.69) is 20.8 Å². The van der Waals surface area contributed by atoms with Gasteiger partial charge in [0.25, 0.3) is 0 Å². The van der Waals surface area contributed by atoms with Crippen LogP contribution in [0.4, 0.5) is 5.82 Å². The molecule has 0 aliphatic rings. The van der Waals surface area contributed by atoms with Crippen molar-refractivity contribution in [3.8, 4) is 0 Å². The zero-order chi connectivity index (χ0) is 16.9. The minimum atomic E-state index is 0.516. The Balaban J connectivity index is 1.53. The molecule has 0 bridgehead atoms. The Morgan fingerprint density at radius 2 is 2.12 bits per heavy atom. The Morgan fingerprint density at radius 1 is 1.29 bits per heavy atom. The third-order valence-corrected chi connectivity index (χ3v) is 4.00. The van der Waals surface area contributed by atoms with Crippen LogP contribution in [0, 0.1) is 0 Å². The van der Waals surface area contributed by atoms with Gasteiger partial charge in [0.15, 0.2) is 10.9 Å². The van der Waals surface area contributed by atoms with Crippen LogP contribution in [0.2, 0.25) is 5.02 Å². The van der Waals surface area contributed by atoms with Crippen molar-refractivity contribution >= 4 is 34.7 Å².